The maximum atomic E-state index is 12.3. The Morgan fingerprint density at radius 3 is 2.58 bits per heavy atom. The van der Waals surface area contributed by atoms with Crippen LogP contribution in [0.1, 0.15) is 30.2 Å². The van der Waals surface area contributed by atoms with Crippen molar-refractivity contribution in [3.63, 3.8) is 0 Å². The smallest absolute Gasteiger partial charge is 0.312 e. The van der Waals surface area contributed by atoms with Gasteiger partial charge in [0.25, 0.3) is 0 Å². The number of nitrogens with zero attached hydrogens (tertiary/aromatic N) is 1. The molecule has 1 aliphatic rings. The van der Waals surface area contributed by atoms with Crippen molar-refractivity contribution in [1.29, 1.82) is 0 Å². The number of primary amides is 1. The standard InChI is InChI=1S/C18H20N4O3S/c19-18(25)21-14(15-3-2-10-26-15)11-16(23)20-12-5-7-13(8-6-12)22-9-1-4-17(22)24/h2-3,5-8,10,14H,1,4,9,11H2,(H,20,23)(H3,19,21,25). The van der Waals surface area contributed by atoms with Crippen molar-refractivity contribution in [3.05, 3.63) is 46.7 Å². The molecule has 0 saturated carbocycles. The van der Waals surface area contributed by atoms with E-state index in [2.05, 4.69) is 10.6 Å². The van der Waals surface area contributed by atoms with Crippen molar-refractivity contribution in [2.24, 2.45) is 5.73 Å². The second-order valence-corrected chi connectivity index (χ2v) is 7.00. The molecule has 1 unspecified atom stereocenters. The normalized spacial score (nSPS) is 14.9. The van der Waals surface area contributed by atoms with Crippen LogP contribution < -0.4 is 21.3 Å². The number of hydrogen-bond donors (Lipinski definition) is 3. The van der Waals surface area contributed by atoms with E-state index in [4.69, 9.17) is 5.73 Å². The third kappa shape index (κ3) is 4.40. The Labute approximate surface area is 155 Å². The summed E-state index contributed by atoms with van der Waals surface area (Å²) in [5, 5.41) is 7.28. The summed E-state index contributed by atoms with van der Waals surface area (Å²) in [7, 11) is 0. The summed E-state index contributed by atoms with van der Waals surface area (Å²) in [4.78, 5) is 37.9. The van der Waals surface area contributed by atoms with Gasteiger partial charge in [-0.3, -0.25) is 9.59 Å². The summed E-state index contributed by atoms with van der Waals surface area (Å²) in [5.41, 5.74) is 6.67. The first kappa shape index (κ1) is 17.9. The number of nitrogens with two attached hydrogens (primary N) is 1. The second kappa shape index (κ2) is 8.01. The molecular formula is C18H20N4O3S. The fraction of sp³-hybridized carbons (Fsp3) is 0.278. The highest BCUT2D eigenvalue weighted by molar-refractivity contribution is 7.10. The molecule has 2 aromatic rings. The lowest BCUT2D eigenvalue weighted by atomic mass is 10.1. The van der Waals surface area contributed by atoms with Gasteiger partial charge in [0.15, 0.2) is 0 Å². The molecule has 1 atom stereocenters. The van der Waals surface area contributed by atoms with Crippen LogP contribution in [0.4, 0.5) is 16.2 Å². The Bertz CT molecular complexity index is 789. The zero-order chi connectivity index (χ0) is 18.5. The Morgan fingerprint density at radius 1 is 1.23 bits per heavy atom. The number of amides is 4. The number of carbonyl (C=O) groups excluding carboxylic acids is 3. The van der Waals surface area contributed by atoms with Crippen LogP contribution in [0.15, 0.2) is 41.8 Å². The molecule has 4 N–H and O–H groups in total. The van der Waals surface area contributed by atoms with Gasteiger partial charge in [0, 0.05) is 29.2 Å². The number of hydrogen-bond acceptors (Lipinski definition) is 4. The van der Waals surface area contributed by atoms with Crippen LogP contribution in [-0.4, -0.2) is 24.4 Å². The minimum atomic E-state index is -0.671. The largest absolute Gasteiger partial charge is 0.352 e. The van der Waals surface area contributed by atoms with Crippen LogP contribution in [0, 0.1) is 0 Å². The van der Waals surface area contributed by atoms with Crippen molar-refractivity contribution in [1.82, 2.24) is 5.32 Å². The molecule has 136 valence electrons. The third-order valence-corrected chi connectivity index (χ3v) is 5.11. The van der Waals surface area contributed by atoms with Crippen molar-refractivity contribution >= 4 is 40.6 Å². The molecule has 4 amide bonds. The van der Waals surface area contributed by atoms with E-state index in [0.29, 0.717) is 12.1 Å². The molecule has 1 aromatic heterocycles. The monoisotopic (exact) mass is 372 g/mol. The lowest BCUT2D eigenvalue weighted by Gasteiger charge is -2.17. The van der Waals surface area contributed by atoms with E-state index < -0.39 is 12.1 Å². The molecule has 0 bridgehead atoms. The van der Waals surface area contributed by atoms with E-state index >= 15 is 0 Å². The molecule has 1 aliphatic heterocycles. The number of nitrogens with one attached hydrogen (secondary N) is 2. The lowest BCUT2D eigenvalue weighted by molar-refractivity contribution is -0.117. The van der Waals surface area contributed by atoms with Crippen LogP contribution >= 0.6 is 11.3 Å². The molecule has 1 saturated heterocycles. The average molecular weight is 372 g/mol. The molecule has 26 heavy (non-hydrogen) atoms. The zero-order valence-electron chi connectivity index (χ0n) is 14.1. The first-order chi connectivity index (χ1) is 12.5. The highest BCUT2D eigenvalue weighted by Crippen LogP contribution is 2.25. The van der Waals surface area contributed by atoms with Gasteiger partial charge in [-0.25, -0.2) is 4.79 Å². The van der Waals surface area contributed by atoms with Gasteiger partial charge in [-0.05, 0) is 42.1 Å². The van der Waals surface area contributed by atoms with Gasteiger partial charge in [0.05, 0.1) is 12.5 Å². The summed E-state index contributed by atoms with van der Waals surface area (Å²) < 4.78 is 0. The third-order valence-electron chi connectivity index (χ3n) is 4.13. The van der Waals surface area contributed by atoms with Crippen LogP contribution in [0.5, 0.6) is 0 Å². The molecule has 0 radical (unpaired) electrons. The SMILES string of the molecule is NC(=O)NC(CC(=O)Nc1ccc(N2CCCC2=O)cc1)c1cccs1. The van der Waals surface area contributed by atoms with Gasteiger partial charge in [0.1, 0.15) is 0 Å². The van der Waals surface area contributed by atoms with Gasteiger partial charge < -0.3 is 21.3 Å². The predicted octanol–water partition coefficient (Wildman–Crippen LogP) is 2.61. The zero-order valence-corrected chi connectivity index (χ0v) is 14.9. The quantitative estimate of drug-likeness (QED) is 0.726. The Hall–Kier alpha value is -2.87. The maximum absolute atomic E-state index is 12.3. The number of benzene rings is 1. The highest BCUT2D eigenvalue weighted by atomic mass is 32.1. The molecular weight excluding hydrogens is 352 g/mol. The molecule has 8 heteroatoms. The Morgan fingerprint density at radius 2 is 2.00 bits per heavy atom. The Balaban J connectivity index is 1.61. The molecule has 0 aliphatic carbocycles. The summed E-state index contributed by atoms with van der Waals surface area (Å²) >= 11 is 1.45. The average Bonchev–Trinajstić information content (AvgIpc) is 3.26. The van der Waals surface area contributed by atoms with Gasteiger partial charge in [0.2, 0.25) is 11.8 Å². The van der Waals surface area contributed by atoms with E-state index in [1.807, 2.05) is 29.6 Å². The molecule has 1 fully saturated rings. The summed E-state index contributed by atoms with van der Waals surface area (Å²) in [5.74, 6) is -0.111. The number of anilines is 2. The summed E-state index contributed by atoms with van der Waals surface area (Å²) in [6.07, 6.45) is 1.53. The fourth-order valence-electron chi connectivity index (χ4n) is 2.93. The fourth-order valence-corrected chi connectivity index (χ4v) is 3.71. The number of urea groups is 1. The van der Waals surface area contributed by atoms with E-state index in [1.54, 1.807) is 17.0 Å². The Kier molecular flexibility index (Phi) is 5.52. The van der Waals surface area contributed by atoms with Crippen molar-refractivity contribution in [3.8, 4) is 0 Å². The summed E-state index contributed by atoms with van der Waals surface area (Å²) in [6.45, 7) is 0.728. The van der Waals surface area contributed by atoms with E-state index in [0.717, 1.165) is 23.5 Å². The predicted molar refractivity (Wildman–Crippen MR) is 101 cm³/mol. The summed E-state index contributed by atoms with van der Waals surface area (Å²) in [6, 6.07) is 9.73. The van der Waals surface area contributed by atoms with E-state index in [-0.39, 0.29) is 18.2 Å². The molecule has 1 aromatic carbocycles. The number of rotatable bonds is 6. The minimum absolute atomic E-state index is 0.0792. The van der Waals surface area contributed by atoms with Crippen molar-refractivity contribution in [2.75, 3.05) is 16.8 Å². The van der Waals surface area contributed by atoms with Crippen LogP contribution in [0.2, 0.25) is 0 Å². The van der Waals surface area contributed by atoms with Crippen LogP contribution in [0.3, 0.4) is 0 Å². The highest BCUT2D eigenvalue weighted by Gasteiger charge is 2.22. The molecule has 3 rings (SSSR count). The number of thiophene rings is 1. The minimum Gasteiger partial charge on any atom is -0.352 e. The van der Waals surface area contributed by atoms with E-state index in [9.17, 15) is 14.4 Å². The number of carbonyl (C=O) groups is 3. The first-order valence-electron chi connectivity index (χ1n) is 8.32. The lowest BCUT2D eigenvalue weighted by Crippen LogP contribution is -2.34. The van der Waals surface area contributed by atoms with Crippen molar-refractivity contribution in [2.45, 2.75) is 25.3 Å². The van der Waals surface area contributed by atoms with E-state index in [1.165, 1.54) is 11.3 Å². The first-order valence-corrected chi connectivity index (χ1v) is 9.20. The van der Waals surface area contributed by atoms with Gasteiger partial charge in [-0.2, -0.15) is 0 Å². The van der Waals surface area contributed by atoms with Crippen LogP contribution in [-0.2, 0) is 9.59 Å². The van der Waals surface area contributed by atoms with Crippen molar-refractivity contribution < 1.29 is 14.4 Å². The molecule has 2 heterocycles. The molecule has 7 nitrogen and oxygen atoms in total. The topological polar surface area (TPSA) is 105 Å². The molecule has 0 spiro atoms. The van der Waals surface area contributed by atoms with Gasteiger partial charge in [-0.1, -0.05) is 6.07 Å². The van der Waals surface area contributed by atoms with Gasteiger partial charge in [-0.15, -0.1) is 11.3 Å². The van der Waals surface area contributed by atoms with Gasteiger partial charge >= 0.3 is 6.03 Å². The second-order valence-electron chi connectivity index (χ2n) is 6.02. The maximum Gasteiger partial charge on any atom is 0.312 e. The van der Waals surface area contributed by atoms with Crippen LogP contribution in [0.25, 0.3) is 0 Å².